The van der Waals surface area contributed by atoms with Crippen LogP contribution < -0.4 is 4.74 Å². The summed E-state index contributed by atoms with van der Waals surface area (Å²) in [6.45, 7) is 0.935. The molecular formula is C20H17ClFN3O2. The van der Waals surface area contributed by atoms with Crippen LogP contribution in [0.3, 0.4) is 0 Å². The Labute approximate surface area is 160 Å². The second kappa shape index (κ2) is 7.48. The molecule has 0 N–H and O–H groups in total. The second-order valence-electron chi connectivity index (χ2n) is 6.40. The van der Waals surface area contributed by atoms with Gasteiger partial charge in [-0.2, -0.15) is 0 Å². The van der Waals surface area contributed by atoms with Crippen molar-refractivity contribution in [1.29, 1.82) is 0 Å². The van der Waals surface area contributed by atoms with Crippen LogP contribution in [-0.2, 0) is 0 Å². The standard InChI is InChI=1S/C20H17ClFN3O2/c21-14-4-3-5-15(22)19(14)20(26)25-10-8-13(9-11-25)27-18-12-23-16-6-1-2-7-17(16)24-18/h1-7,12-13H,8-11H2. The minimum atomic E-state index is -0.600. The summed E-state index contributed by atoms with van der Waals surface area (Å²) in [6, 6.07) is 11.8. The third-order valence-corrected chi connectivity index (χ3v) is 4.93. The molecule has 0 atom stereocenters. The van der Waals surface area contributed by atoms with Crippen LogP contribution >= 0.6 is 11.6 Å². The Morgan fingerprint density at radius 1 is 1.11 bits per heavy atom. The van der Waals surface area contributed by atoms with Gasteiger partial charge in [-0.3, -0.25) is 4.79 Å². The van der Waals surface area contributed by atoms with E-state index in [1.54, 1.807) is 11.1 Å². The van der Waals surface area contributed by atoms with Gasteiger partial charge in [-0.25, -0.2) is 14.4 Å². The molecule has 7 heteroatoms. The lowest BCUT2D eigenvalue weighted by molar-refractivity contribution is 0.0584. The lowest BCUT2D eigenvalue weighted by Gasteiger charge is -2.32. The van der Waals surface area contributed by atoms with E-state index in [0.29, 0.717) is 31.8 Å². The molecule has 2 heterocycles. The fraction of sp³-hybridized carbons (Fsp3) is 0.250. The number of rotatable bonds is 3. The number of likely N-dealkylation sites (tertiary alicyclic amines) is 1. The lowest BCUT2D eigenvalue weighted by Crippen LogP contribution is -2.42. The van der Waals surface area contributed by atoms with Crippen LogP contribution in [0.1, 0.15) is 23.2 Å². The average molecular weight is 386 g/mol. The summed E-state index contributed by atoms with van der Waals surface area (Å²) in [6.07, 6.45) is 2.80. The molecule has 4 rings (SSSR count). The number of ether oxygens (including phenoxy) is 1. The number of hydrogen-bond acceptors (Lipinski definition) is 4. The number of fused-ring (bicyclic) bond motifs is 1. The predicted octanol–water partition coefficient (Wildman–Crippen LogP) is 4.11. The first-order valence-corrected chi connectivity index (χ1v) is 9.11. The maximum Gasteiger partial charge on any atom is 0.258 e. The number of aromatic nitrogens is 2. The molecular weight excluding hydrogens is 369 g/mol. The number of hydrogen-bond donors (Lipinski definition) is 0. The van der Waals surface area contributed by atoms with E-state index in [1.807, 2.05) is 24.3 Å². The molecule has 0 aliphatic carbocycles. The van der Waals surface area contributed by atoms with E-state index in [1.165, 1.54) is 18.2 Å². The summed E-state index contributed by atoms with van der Waals surface area (Å²) < 4.78 is 19.9. The molecule has 27 heavy (non-hydrogen) atoms. The van der Waals surface area contributed by atoms with Crippen molar-refractivity contribution < 1.29 is 13.9 Å². The van der Waals surface area contributed by atoms with Gasteiger partial charge in [0.1, 0.15) is 11.9 Å². The maximum atomic E-state index is 14.0. The molecule has 1 aromatic heterocycles. The predicted molar refractivity (Wildman–Crippen MR) is 101 cm³/mol. The summed E-state index contributed by atoms with van der Waals surface area (Å²) in [5, 5.41) is 0.129. The summed E-state index contributed by atoms with van der Waals surface area (Å²) >= 11 is 6.00. The molecule has 0 saturated carbocycles. The molecule has 0 bridgehead atoms. The van der Waals surface area contributed by atoms with Crippen LogP contribution in [0.5, 0.6) is 5.88 Å². The third-order valence-electron chi connectivity index (χ3n) is 4.62. The lowest BCUT2D eigenvalue weighted by atomic mass is 10.1. The fourth-order valence-electron chi connectivity index (χ4n) is 3.20. The van der Waals surface area contributed by atoms with Gasteiger partial charge in [-0.15, -0.1) is 0 Å². The van der Waals surface area contributed by atoms with E-state index in [9.17, 15) is 9.18 Å². The van der Waals surface area contributed by atoms with Crippen LogP contribution in [0.4, 0.5) is 4.39 Å². The van der Waals surface area contributed by atoms with Crippen molar-refractivity contribution in [3.05, 3.63) is 65.1 Å². The van der Waals surface area contributed by atoms with Gasteiger partial charge in [-0.05, 0) is 24.3 Å². The van der Waals surface area contributed by atoms with Crippen LogP contribution in [0, 0.1) is 5.82 Å². The minimum Gasteiger partial charge on any atom is -0.473 e. The third kappa shape index (κ3) is 3.71. The molecule has 1 saturated heterocycles. The zero-order valence-corrected chi connectivity index (χ0v) is 15.2. The van der Waals surface area contributed by atoms with Crippen LogP contribution in [0.25, 0.3) is 11.0 Å². The Kier molecular flexibility index (Phi) is 4.90. The smallest absolute Gasteiger partial charge is 0.258 e. The van der Waals surface area contributed by atoms with Gasteiger partial charge >= 0.3 is 0 Å². The van der Waals surface area contributed by atoms with Crippen molar-refractivity contribution in [3.63, 3.8) is 0 Å². The van der Waals surface area contributed by atoms with E-state index >= 15 is 0 Å². The number of benzene rings is 2. The van der Waals surface area contributed by atoms with Gasteiger partial charge in [0.2, 0.25) is 5.88 Å². The molecule has 5 nitrogen and oxygen atoms in total. The van der Waals surface area contributed by atoms with Gasteiger partial charge in [0.15, 0.2) is 0 Å². The highest BCUT2D eigenvalue weighted by Gasteiger charge is 2.27. The van der Waals surface area contributed by atoms with Gasteiger partial charge in [-0.1, -0.05) is 29.8 Å². The zero-order chi connectivity index (χ0) is 18.8. The molecule has 3 aromatic rings. The first-order chi connectivity index (χ1) is 13.1. The maximum absolute atomic E-state index is 14.0. The topological polar surface area (TPSA) is 55.3 Å². The number of carbonyl (C=O) groups excluding carboxylic acids is 1. The van der Waals surface area contributed by atoms with Crippen molar-refractivity contribution in [2.75, 3.05) is 13.1 Å². The Hall–Kier alpha value is -2.73. The van der Waals surface area contributed by atoms with Crippen molar-refractivity contribution in [3.8, 4) is 5.88 Å². The van der Waals surface area contributed by atoms with E-state index in [0.717, 1.165) is 11.0 Å². The molecule has 0 unspecified atom stereocenters. The molecule has 1 amide bonds. The van der Waals surface area contributed by atoms with Gasteiger partial charge in [0.05, 0.1) is 27.8 Å². The van der Waals surface area contributed by atoms with Crippen LogP contribution in [-0.4, -0.2) is 40.0 Å². The van der Waals surface area contributed by atoms with Crippen LogP contribution in [0.15, 0.2) is 48.7 Å². The fourth-order valence-corrected chi connectivity index (χ4v) is 3.45. The van der Waals surface area contributed by atoms with Crippen molar-refractivity contribution in [2.24, 2.45) is 0 Å². The van der Waals surface area contributed by atoms with Gasteiger partial charge < -0.3 is 9.64 Å². The number of nitrogens with zero attached hydrogens (tertiary/aromatic N) is 3. The number of para-hydroxylation sites is 2. The summed E-state index contributed by atoms with van der Waals surface area (Å²) in [4.78, 5) is 23.0. The number of piperidine rings is 1. The van der Waals surface area contributed by atoms with Crippen LogP contribution in [0.2, 0.25) is 5.02 Å². The minimum absolute atomic E-state index is 0.0689. The number of carbonyl (C=O) groups is 1. The van der Waals surface area contributed by atoms with Gasteiger partial charge in [0.25, 0.3) is 5.91 Å². The Balaban J connectivity index is 1.40. The molecule has 0 radical (unpaired) electrons. The summed E-state index contributed by atoms with van der Waals surface area (Å²) in [5.41, 5.74) is 1.52. The van der Waals surface area contributed by atoms with Crippen molar-refractivity contribution in [1.82, 2.24) is 14.9 Å². The highest BCUT2D eigenvalue weighted by atomic mass is 35.5. The van der Waals surface area contributed by atoms with E-state index in [4.69, 9.17) is 16.3 Å². The Morgan fingerprint density at radius 2 is 1.85 bits per heavy atom. The molecule has 1 aliphatic rings. The highest BCUT2D eigenvalue weighted by molar-refractivity contribution is 6.33. The SMILES string of the molecule is O=C(c1c(F)cccc1Cl)N1CCC(Oc2cnc3ccccc3n2)CC1. The molecule has 2 aromatic carbocycles. The Morgan fingerprint density at radius 3 is 2.59 bits per heavy atom. The van der Waals surface area contributed by atoms with Crippen molar-refractivity contribution >= 4 is 28.5 Å². The average Bonchev–Trinajstić information content (AvgIpc) is 2.68. The number of amides is 1. The molecule has 0 spiro atoms. The van der Waals surface area contributed by atoms with E-state index in [-0.39, 0.29) is 22.6 Å². The van der Waals surface area contributed by atoms with E-state index < -0.39 is 5.82 Å². The van der Waals surface area contributed by atoms with Crippen molar-refractivity contribution in [2.45, 2.75) is 18.9 Å². The number of halogens is 2. The first-order valence-electron chi connectivity index (χ1n) is 8.73. The monoisotopic (exact) mass is 385 g/mol. The van der Waals surface area contributed by atoms with Gasteiger partial charge in [0, 0.05) is 25.9 Å². The normalized spacial score (nSPS) is 15.1. The summed E-state index contributed by atoms with van der Waals surface area (Å²) in [7, 11) is 0. The van der Waals surface area contributed by atoms with E-state index in [2.05, 4.69) is 9.97 Å². The second-order valence-corrected chi connectivity index (χ2v) is 6.81. The quantitative estimate of drug-likeness (QED) is 0.681. The highest BCUT2D eigenvalue weighted by Crippen LogP contribution is 2.24. The first kappa shape index (κ1) is 17.7. The molecule has 138 valence electrons. The summed E-state index contributed by atoms with van der Waals surface area (Å²) in [5.74, 6) is -0.519. The molecule has 1 fully saturated rings. The largest absolute Gasteiger partial charge is 0.473 e. The zero-order valence-electron chi connectivity index (χ0n) is 14.4. The Bertz CT molecular complexity index is 970. The molecule has 1 aliphatic heterocycles.